The van der Waals surface area contributed by atoms with E-state index in [-0.39, 0.29) is 5.69 Å². The van der Waals surface area contributed by atoms with Gasteiger partial charge in [0, 0.05) is 17.1 Å². The molecule has 136 valence electrons. The molecule has 27 heavy (non-hydrogen) atoms. The van der Waals surface area contributed by atoms with Gasteiger partial charge in [-0.1, -0.05) is 30.3 Å². The van der Waals surface area contributed by atoms with E-state index < -0.39 is 29.1 Å². The van der Waals surface area contributed by atoms with Gasteiger partial charge in [0.2, 0.25) is 0 Å². The van der Waals surface area contributed by atoms with Crippen LogP contribution in [0.1, 0.15) is 10.4 Å². The molecule has 0 saturated heterocycles. The smallest absolute Gasteiger partial charge is 0.322 e. The average Bonchev–Trinajstić information content (AvgIpc) is 2.62. The number of halogens is 2. The van der Waals surface area contributed by atoms with Crippen molar-refractivity contribution in [2.75, 3.05) is 16.0 Å². The van der Waals surface area contributed by atoms with Crippen molar-refractivity contribution in [1.82, 2.24) is 0 Å². The fraction of sp³-hybridized carbons (Fsp3) is 0. The Bertz CT molecular complexity index is 958. The van der Waals surface area contributed by atoms with Gasteiger partial charge in [-0.3, -0.25) is 4.79 Å². The third kappa shape index (κ3) is 4.66. The van der Waals surface area contributed by atoms with Gasteiger partial charge in [0.05, 0.1) is 0 Å². The van der Waals surface area contributed by atoms with Crippen molar-refractivity contribution in [2.45, 2.75) is 0 Å². The van der Waals surface area contributed by atoms with Crippen molar-refractivity contribution in [3.8, 4) is 0 Å². The summed E-state index contributed by atoms with van der Waals surface area (Å²) >= 11 is 0. The zero-order valence-electron chi connectivity index (χ0n) is 14.0. The van der Waals surface area contributed by atoms with Crippen LogP contribution in [0.4, 0.5) is 30.6 Å². The molecule has 0 heterocycles. The van der Waals surface area contributed by atoms with Crippen LogP contribution in [0.3, 0.4) is 0 Å². The minimum Gasteiger partial charge on any atom is -0.322 e. The second kappa shape index (κ2) is 8.09. The highest BCUT2D eigenvalue weighted by molar-refractivity contribution is 6.05. The molecule has 0 bridgehead atoms. The van der Waals surface area contributed by atoms with E-state index in [0.717, 1.165) is 12.1 Å². The summed E-state index contributed by atoms with van der Waals surface area (Å²) in [6.45, 7) is 0. The van der Waals surface area contributed by atoms with Crippen LogP contribution in [-0.4, -0.2) is 11.9 Å². The van der Waals surface area contributed by atoms with Gasteiger partial charge >= 0.3 is 6.03 Å². The van der Waals surface area contributed by atoms with Gasteiger partial charge in [0.15, 0.2) is 0 Å². The molecule has 7 heteroatoms. The molecule has 3 amide bonds. The molecule has 0 saturated carbocycles. The number of rotatable bonds is 4. The quantitative estimate of drug-likeness (QED) is 0.616. The number of benzene rings is 3. The van der Waals surface area contributed by atoms with Crippen molar-refractivity contribution in [1.29, 1.82) is 0 Å². The number of urea groups is 1. The van der Waals surface area contributed by atoms with Gasteiger partial charge in [0.1, 0.15) is 17.2 Å². The van der Waals surface area contributed by atoms with Crippen molar-refractivity contribution < 1.29 is 18.4 Å². The van der Waals surface area contributed by atoms with Crippen LogP contribution in [0, 0.1) is 11.6 Å². The summed E-state index contributed by atoms with van der Waals surface area (Å²) in [5, 5.41) is 7.68. The molecule has 5 nitrogen and oxygen atoms in total. The second-order valence-corrected chi connectivity index (χ2v) is 5.58. The van der Waals surface area contributed by atoms with Gasteiger partial charge in [-0.15, -0.1) is 0 Å². The molecule has 0 fully saturated rings. The number of para-hydroxylation sites is 1. The maximum atomic E-state index is 13.7. The lowest BCUT2D eigenvalue weighted by Gasteiger charge is -2.10. The summed E-state index contributed by atoms with van der Waals surface area (Å²) in [5.41, 5.74) is 0.627. The molecule has 0 aliphatic heterocycles. The summed E-state index contributed by atoms with van der Waals surface area (Å²) in [7, 11) is 0. The van der Waals surface area contributed by atoms with Gasteiger partial charge in [-0.05, 0) is 42.5 Å². The van der Waals surface area contributed by atoms with Crippen LogP contribution in [0.25, 0.3) is 0 Å². The predicted molar refractivity (Wildman–Crippen MR) is 99.8 cm³/mol. The lowest BCUT2D eigenvalue weighted by molar-refractivity contribution is 0.101. The van der Waals surface area contributed by atoms with Crippen molar-refractivity contribution >= 4 is 29.0 Å². The van der Waals surface area contributed by atoms with Gasteiger partial charge < -0.3 is 16.0 Å². The van der Waals surface area contributed by atoms with E-state index in [2.05, 4.69) is 16.0 Å². The first-order valence-electron chi connectivity index (χ1n) is 8.01. The second-order valence-electron chi connectivity index (χ2n) is 5.58. The van der Waals surface area contributed by atoms with E-state index in [1.165, 1.54) is 18.2 Å². The third-order valence-electron chi connectivity index (χ3n) is 3.60. The number of hydrogen-bond acceptors (Lipinski definition) is 2. The zero-order chi connectivity index (χ0) is 19.2. The Kier molecular flexibility index (Phi) is 5.41. The molecule has 0 unspecified atom stereocenters. The van der Waals surface area contributed by atoms with Crippen molar-refractivity contribution in [2.24, 2.45) is 0 Å². The number of hydrogen-bond donors (Lipinski definition) is 3. The van der Waals surface area contributed by atoms with Gasteiger partial charge in [-0.2, -0.15) is 0 Å². The highest BCUT2D eigenvalue weighted by atomic mass is 19.1. The largest absolute Gasteiger partial charge is 0.323 e. The first-order chi connectivity index (χ1) is 13.0. The predicted octanol–water partition coefficient (Wildman–Crippen LogP) is 4.86. The van der Waals surface area contributed by atoms with Crippen LogP contribution >= 0.6 is 0 Å². The van der Waals surface area contributed by atoms with E-state index in [4.69, 9.17) is 0 Å². The molecule has 0 aliphatic carbocycles. The summed E-state index contributed by atoms with van der Waals surface area (Å²) in [4.78, 5) is 24.2. The zero-order valence-corrected chi connectivity index (χ0v) is 14.0. The van der Waals surface area contributed by atoms with Crippen LogP contribution in [0.2, 0.25) is 0 Å². The molecule has 0 aromatic heterocycles. The fourth-order valence-corrected chi connectivity index (χ4v) is 2.40. The number of amides is 3. The monoisotopic (exact) mass is 367 g/mol. The van der Waals surface area contributed by atoms with Crippen LogP contribution in [-0.2, 0) is 0 Å². The summed E-state index contributed by atoms with van der Waals surface area (Å²) in [6.07, 6.45) is 0. The van der Waals surface area contributed by atoms with Gasteiger partial charge in [0.25, 0.3) is 5.91 Å². The lowest BCUT2D eigenvalue weighted by atomic mass is 10.1. The molecule has 0 atom stereocenters. The maximum absolute atomic E-state index is 13.7. The topological polar surface area (TPSA) is 70.2 Å². The van der Waals surface area contributed by atoms with E-state index in [0.29, 0.717) is 11.4 Å². The molecule has 0 radical (unpaired) electrons. The summed E-state index contributed by atoms with van der Waals surface area (Å²) in [5.74, 6) is -2.83. The lowest BCUT2D eigenvalue weighted by Crippen LogP contribution is -2.19. The highest BCUT2D eigenvalue weighted by Gasteiger charge is 2.17. The van der Waals surface area contributed by atoms with E-state index in [1.807, 2.05) is 6.07 Å². The summed E-state index contributed by atoms with van der Waals surface area (Å²) in [6, 6.07) is 17.8. The van der Waals surface area contributed by atoms with Crippen LogP contribution in [0.15, 0.2) is 72.8 Å². The first kappa shape index (κ1) is 18.1. The van der Waals surface area contributed by atoms with E-state index in [1.54, 1.807) is 36.4 Å². The fourth-order valence-electron chi connectivity index (χ4n) is 2.40. The first-order valence-corrected chi connectivity index (χ1v) is 8.01. The molecule has 3 aromatic carbocycles. The summed E-state index contributed by atoms with van der Waals surface area (Å²) < 4.78 is 27.4. The maximum Gasteiger partial charge on any atom is 0.323 e. The Morgan fingerprint density at radius 2 is 1.15 bits per heavy atom. The number of carbonyl (C=O) groups excluding carboxylic acids is 2. The third-order valence-corrected chi connectivity index (χ3v) is 3.60. The molecule has 0 aliphatic rings. The van der Waals surface area contributed by atoms with Crippen molar-refractivity contribution in [3.63, 3.8) is 0 Å². The van der Waals surface area contributed by atoms with Crippen LogP contribution in [0.5, 0.6) is 0 Å². The Morgan fingerprint density at radius 1 is 0.630 bits per heavy atom. The molecule has 3 aromatic rings. The molecule has 3 N–H and O–H groups in total. The van der Waals surface area contributed by atoms with Crippen molar-refractivity contribution in [3.05, 3.63) is 90.0 Å². The average molecular weight is 367 g/mol. The standard InChI is InChI=1S/C20H15F2N3O2/c21-16-10-5-11-17(22)18(16)19(26)23-14-8-4-9-15(12-14)25-20(27)24-13-6-2-1-3-7-13/h1-12H,(H,23,26)(H2,24,25,27). The Hall–Kier alpha value is -3.74. The number of anilines is 3. The Morgan fingerprint density at radius 3 is 1.81 bits per heavy atom. The molecule has 3 rings (SSSR count). The Labute approximate surface area is 154 Å². The minimum absolute atomic E-state index is 0.278. The minimum atomic E-state index is -0.955. The molecule has 0 spiro atoms. The SMILES string of the molecule is O=C(Nc1ccccc1)Nc1cccc(NC(=O)c2c(F)cccc2F)c1. The van der Waals surface area contributed by atoms with E-state index in [9.17, 15) is 18.4 Å². The highest BCUT2D eigenvalue weighted by Crippen LogP contribution is 2.19. The van der Waals surface area contributed by atoms with Crippen LogP contribution < -0.4 is 16.0 Å². The number of nitrogens with one attached hydrogen (secondary N) is 3. The van der Waals surface area contributed by atoms with Gasteiger partial charge in [-0.25, -0.2) is 13.6 Å². The molecular formula is C20H15F2N3O2. The van der Waals surface area contributed by atoms with E-state index >= 15 is 0 Å². The molecular weight excluding hydrogens is 352 g/mol. The number of carbonyl (C=O) groups is 2. The normalized spacial score (nSPS) is 10.1. The Balaban J connectivity index is 1.68.